The van der Waals surface area contributed by atoms with Crippen LogP contribution in [0.4, 0.5) is 0 Å². The Hall–Kier alpha value is -6.53. The van der Waals surface area contributed by atoms with Gasteiger partial charge in [-0.2, -0.15) is 9.97 Å². The number of aromatic nitrogens is 4. The first-order chi connectivity index (χ1) is 29.0. The first-order valence-corrected chi connectivity index (χ1v) is 19.5. The molecule has 0 radical (unpaired) electrons. The number of hydrogen-bond acceptors (Lipinski definition) is 12. The van der Waals surface area contributed by atoms with Gasteiger partial charge in [0.2, 0.25) is 11.8 Å². The Morgan fingerprint density at radius 2 is 1.03 bits per heavy atom. The topological polar surface area (TPSA) is 144 Å². The molecule has 0 fully saturated rings. The minimum atomic E-state index is -0.978. The molecule has 6 aromatic rings. The fourth-order valence-corrected chi connectivity index (χ4v) is 7.18. The normalized spacial score (nSPS) is 12.2. The van der Waals surface area contributed by atoms with Crippen LogP contribution in [0.15, 0.2) is 97.3 Å². The van der Waals surface area contributed by atoms with Crippen LogP contribution in [0.5, 0.6) is 35.3 Å². The van der Waals surface area contributed by atoms with Crippen LogP contribution in [0, 0.1) is 13.8 Å². The van der Waals surface area contributed by atoms with Gasteiger partial charge in [-0.05, 0) is 89.6 Å². The molecule has 0 amide bonds. The van der Waals surface area contributed by atoms with E-state index in [2.05, 4.69) is 64.1 Å². The SMILES string of the molecule is COc1ncc(C(=O)c2cc(OC)c(C)cc2C(C)Cc2ccccc2)c(OC)n1.COc1ncc(C(O)c2cc(OC)c(C)cc2C(C)Cc2ccccc2)c(OC)n1. The maximum Gasteiger partial charge on any atom is 0.319 e. The zero-order chi connectivity index (χ0) is 43.3. The van der Waals surface area contributed by atoms with Gasteiger partial charge in [0.25, 0.3) is 0 Å². The van der Waals surface area contributed by atoms with Crippen LogP contribution in [0.3, 0.4) is 0 Å². The Morgan fingerprint density at radius 1 is 0.550 bits per heavy atom. The van der Waals surface area contributed by atoms with Crippen LogP contribution < -0.4 is 28.4 Å². The van der Waals surface area contributed by atoms with E-state index >= 15 is 0 Å². The molecule has 60 heavy (non-hydrogen) atoms. The molecular weight excluding hydrogens is 761 g/mol. The summed E-state index contributed by atoms with van der Waals surface area (Å²) in [5, 5.41) is 11.3. The number of methoxy groups -OCH3 is 6. The predicted molar refractivity (Wildman–Crippen MR) is 230 cm³/mol. The van der Waals surface area contributed by atoms with E-state index in [4.69, 9.17) is 28.4 Å². The summed E-state index contributed by atoms with van der Waals surface area (Å²) in [5.74, 6) is 1.88. The third-order valence-electron chi connectivity index (χ3n) is 10.3. The van der Waals surface area contributed by atoms with Gasteiger partial charge < -0.3 is 33.5 Å². The van der Waals surface area contributed by atoms with Gasteiger partial charge >= 0.3 is 12.0 Å². The Kier molecular flexibility index (Phi) is 15.6. The van der Waals surface area contributed by atoms with Gasteiger partial charge in [-0.25, -0.2) is 9.97 Å². The number of ketones is 1. The van der Waals surface area contributed by atoms with Crippen LogP contribution in [0.25, 0.3) is 0 Å². The molecule has 314 valence electrons. The predicted octanol–water partition coefficient (Wildman–Crippen LogP) is 8.63. The number of aryl methyl sites for hydroxylation is 2. The molecule has 0 aliphatic heterocycles. The van der Waals surface area contributed by atoms with E-state index in [0.29, 0.717) is 22.6 Å². The van der Waals surface area contributed by atoms with Crippen molar-refractivity contribution in [1.82, 2.24) is 19.9 Å². The zero-order valence-corrected chi connectivity index (χ0v) is 36.0. The van der Waals surface area contributed by atoms with E-state index < -0.39 is 6.10 Å². The number of nitrogens with zero attached hydrogens (tertiary/aromatic N) is 4. The molecule has 12 heteroatoms. The second-order valence-corrected chi connectivity index (χ2v) is 14.4. The van der Waals surface area contributed by atoms with E-state index in [1.54, 1.807) is 20.3 Å². The average molecular weight is 815 g/mol. The molecule has 0 aliphatic carbocycles. The minimum Gasteiger partial charge on any atom is -0.496 e. The van der Waals surface area contributed by atoms with E-state index in [1.165, 1.54) is 52.0 Å². The summed E-state index contributed by atoms with van der Waals surface area (Å²) in [4.78, 5) is 30.1. The van der Waals surface area contributed by atoms with Gasteiger partial charge in [-0.3, -0.25) is 4.79 Å². The number of rotatable bonds is 16. The molecule has 12 nitrogen and oxygen atoms in total. The Morgan fingerprint density at radius 3 is 1.55 bits per heavy atom. The number of carbonyl (C=O) groups excluding carboxylic acids is 1. The first kappa shape index (κ1) is 44.6. The molecule has 0 bridgehead atoms. The van der Waals surface area contributed by atoms with Crippen molar-refractivity contribution in [2.45, 2.75) is 58.5 Å². The van der Waals surface area contributed by atoms with Crippen LogP contribution in [0.2, 0.25) is 0 Å². The van der Waals surface area contributed by atoms with Crippen molar-refractivity contribution >= 4 is 5.78 Å². The van der Waals surface area contributed by atoms with Crippen molar-refractivity contribution < 1.29 is 38.3 Å². The highest BCUT2D eigenvalue weighted by molar-refractivity contribution is 6.11. The summed E-state index contributed by atoms with van der Waals surface area (Å²) in [6.45, 7) is 8.26. The van der Waals surface area contributed by atoms with Crippen molar-refractivity contribution in [3.8, 4) is 35.3 Å². The molecule has 1 N–H and O–H groups in total. The Labute approximate surface area is 352 Å². The third-order valence-corrected chi connectivity index (χ3v) is 10.3. The fourth-order valence-electron chi connectivity index (χ4n) is 7.18. The van der Waals surface area contributed by atoms with Gasteiger partial charge in [-0.15, -0.1) is 0 Å². The molecule has 0 aliphatic rings. The number of aliphatic hydroxyl groups is 1. The minimum absolute atomic E-state index is 0.112. The number of hydrogen-bond donors (Lipinski definition) is 1. The molecule has 2 heterocycles. The summed E-state index contributed by atoms with van der Waals surface area (Å²) >= 11 is 0. The highest BCUT2D eigenvalue weighted by atomic mass is 16.5. The lowest BCUT2D eigenvalue weighted by Gasteiger charge is -2.23. The number of ether oxygens (including phenoxy) is 6. The molecule has 4 aromatic carbocycles. The van der Waals surface area contributed by atoms with Crippen molar-refractivity contribution in [3.63, 3.8) is 0 Å². The van der Waals surface area contributed by atoms with Crippen LogP contribution in [-0.4, -0.2) is 73.5 Å². The van der Waals surface area contributed by atoms with E-state index in [1.807, 2.05) is 62.4 Å². The van der Waals surface area contributed by atoms with E-state index in [9.17, 15) is 9.90 Å². The van der Waals surface area contributed by atoms with Gasteiger partial charge in [0.1, 0.15) is 23.2 Å². The second kappa shape index (κ2) is 20.9. The largest absolute Gasteiger partial charge is 0.496 e. The van der Waals surface area contributed by atoms with Crippen LogP contribution in [0.1, 0.15) is 92.2 Å². The third kappa shape index (κ3) is 10.6. The lowest BCUT2D eigenvalue weighted by molar-refractivity contribution is 0.103. The highest BCUT2D eigenvalue weighted by Crippen LogP contribution is 2.38. The fraction of sp³-hybridized carbons (Fsp3) is 0.312. The van der Waals surface area contributed by atoms with Gasteiger partial charge in [-0.1, -0.05) is 86.6 Å². The molecule has 3 unspecified atom stereocenters. The first-order valence-electron chi connectivity index (χ1n) is 19.5. The molecule has 3 atom stereocenters. The maximum absolute atomic E-state index is 13.5. The quantitative estimate of drug-likeness (QED) is 0.0935. The van der Waals surface area contributed by atoms with Crippen LogP contribution in [-0.2, 0) is 12.8 Å². The summed E-state index contributed by atoms with van der Waals surface area (Å²) in [6, 6.07) is 28.7. The maximum atomic E-state index is 13.5. The average Bonchev–Trinajstić information content (AvgIpc) is 3.28. The monoisotopic (exact) mass is 814 g/mol. The highest BCUT2D eigenvalue weighted by Gasteiger charge is 2.26. The van der Waals surface area contributed by atoms with Crippen molar-refractivity contribution in [3.05, 3.63) is 153 Å². The summed E-state index contributed by atoms with van der Waals surface area (Å²) in [6.07, 6.45) is 3.65. The van der Waals surface area contributed by atoms with E-state index in [0.717, 1.165) is 40.7 Å². The van der Waals surface area contributed by atoms with Crippen LogP contribution >= 0.6 is 0 Å². The molecule has 0 saturated heterocycles. The second-order valence-electron chi connectivity index (χ2n) is 14.4. The zero-order valence-electron chi connectivity index (χ0n) is 36.0. The summed E-state index contributed by atoms with van der Waals surface area (Å²) in [7, 11) is 9.15. The van der Waals surface area contributed by atoms with Crippen molar-refractivity contribution in [2.75, 3.05) is 42.7 Å². The smallest absolute Gasteiger partial charge is 0.319 e. The number of carbonyl (C=O) groups is 1. The summed E-state index contributed by atoms with van der Waals surface area (Å²) in [5.41, 5.74) is 8.47. The Balaban J connectivity index is 0.000000228. The lowest BCUT2D eigenvalue weighted by Crippen LogP contribution is -2.13. The molecule has 6 rings (SSSR count). The molecule has 0 saturated carbocycles. The van der Waals surface area contributed by atoms with Gasteiger partial charge in [0.05, 0.1) is 48.2 Å². The lowest BCUT2D eigenvalue weighted by atomic mass is 9.86. The molecule has 2 aromatic heterocycles. The Bertz CT molecular complexity index is 2360. The number of benzene rings is 4. The summed E-state index contributed by atoms with van der Waals surface area (Å²) < 4.78 is 31.8. The van der Waals surface area contributed by atoms with E-state index in [-0.39, 0.29) is 47.0 Å². The van der Waals surface area contributed by atoms with Gasteiger partial charge in [0, 0.05) is 18.0 Å². The van der Waals surface area contributed by atoms with Crippen molar-refractivity contribution in [1.29, 1.82) is 0 Å². The van der Waals surface area contributed by atoms with Gasteiger partial charge in [0.15, 0.2) is 5.78 Å². The molecular formula is C48H54N4O8. The standard InChI is InChI=1S/C24H28N2O4.C24H26N2O4/c2*1-15(11-17-9-7-6-8-10-17)18-12-16(2)21(28-3)13-19(18)22(27)20-14-25-24(30-5)26-23(20)29-4/h6-10,12-15,22,27H,11H2,1-5H3;6-10,12-15H,11H2,1-5H3. The van der Waals surface area contributed by atoms with Crippen molar-refractivity contribution in [2.24, 2.45) is 0 Å². The molecule has 0 spiro atoms. The number of aliphatic hydroxyl groups excluding tert-OH is 1.